The fourth-order valence-electron chi connectivity index (χ4n) is 4.23. The van der Waals surface area contributed by atoms with Crippen LogP contribution in [0.4, 0.5) is 15.2 Å². The maximum absolute atomic E-state index is 13.8. The van der Waals surface area contributed by atoms with Crippen molar-refractivity contribution in [3.05, 3.63) is 99.4 Å². The number of halogens is 1. The maximum atomic E-state index is 13.8. The number of benzene rings is 3. The number of nitro groups is 1. The first kappa shape index (κ1) is 25.0. The zero-order valence-electron chi connectivity index (χ0n) is 20.0. The van der Waals surface area contributed by atoms with E-state index in [0.29, 0.717) is 22.6 Å². The number of carbonyl (C=O) groups excluding carboxylic acids is 2. The molecular weight excluding hydrogens is 513 g/mol. The van der Waals surface area contributed by atoms with Crippen molar-refractivity contribution in [2.75, 3.05) is 11.5 Å². The third-order valence-electron chi connectivity index (χ3n) is 5.99. The number of aliphatic hydroxyl groups excluding tert-OH is 1. The smallest absolute Gasteiger partial charge is 0.301 e. The number of nitrogens with zero attached hydrogens (tertiary/aromatic N) is 3. The fourth-order valence-corrected chi connectivity index (χ4v) is 5.24. The molecule has 38 heavy (non-hydrogen) atoms. The molecule has 9 nitrogen and oxygen atoms in total. The zero-order valence-corrected chi connectivity index (χ0v) is 20.8. The lowest BCUT2D eigenvalue weighted by Gasteiger charge is -2.22. The summed E-state index contributed by atoms with van der Waals surface area (Å²) in [5, 5.41) is 22.8. The van der Waals surface area contributed by atoms with Gasteiger partial charge >= 0.3 is 5.91 Å². The lowest BCUT2D eigenvalue weighted by molar-refractivity contribution is -0.384. The minimum absolute atomic E-state index is 0.0894. The second-order valence-corrected chi connectivity index (χ2v) is 9.51. The van der Waals surface area contributed by atoms with Crippen molar-refractivity contribution in [2.45, 2.75) is 19.4 Å². The van der Waals surface area contributed by atoms with Crippen LogP contribution < -0.4 is 9.64 Å². The van der Waals surface area contributed by atoms with E-state index in [1.165, 1.54) is 42.5 Å². The first-order chi connectivity index (χ1) is 18.3. The van der Waals surface area contributed by atoms with E-state index in [0.717, 1.165) is 22.7 Å². The van der Waals surface area contributed by atoms with Gasteiger partial charge in [-0.1, -0.05) is 30.4 Å². The normalized spacial score (nSPS) is 16.8. The third kappa shape index (κ3) is 4.48. The number of ketones is 1. The number of rotatable bonds is 7. The van der Waals surface area contributed by atoms with Crippen LogP contribution in [0.25, 0.3) is 16.0 Å². The summed E-state index contributed by atoms with van der Waals surface area (Å²) >= 11 is 0.990. The van der Waals surface area contributed by atoms with Gasteiger partial charge in [-0.3, -0.25) is 24.6 Å². The SMILES string of the molecule is CCCOc1ccc(C(O)=C2C(=O)C(=O)N(c3nc4ccc(F)cc4s3)C2c2cccc([N+](=O)[O-])c2)cc1. The van der Waals surface area contributed by atoms with Gasteiger partial charge in [-0.15, -0.1) is 0 Å². The van der Waals surface area contributed by atoms with Gasteiger partial charge in [0, 0.05) is 17.7 Å². The van der Waals surface area contributed by atoms with Gasteiger partial charge in [-0.25, -0.2) is 9.37 Å². The van der Waals surface area contributed by atoms with E-state index in [1.54, 1.807) is 24.3 Å². The third-order valence-corrected chi connectivity index (χ3v) is 7.00. The Morgan fingerprint density at radius 1 is 1.16 bits per heavy atom. The van der Waals surface area contributed by atoms with Crippen molar-refractivity contribution in [3.63, 3.8) is 0 Å². The summed E-state index contributed by atoms with van der Waals surface area (Å²) in [7, 11) is 0. The van der Waals surface area contributed by atoms with Gasteiger partial charge in [0.2, 0.25) is 0 Å². The number of hydrogen-bond donors (Lipinski definition) is 1. The van der Waals surface area contributed by atoms with E-state index in [2.05, 4.69) is 4.98 Å². The number of hydrogen-bond acceptors (Lipinski definition) is 8. The molecule has 1 aromatic heterocycles. The van der Waals surface area contributed by atoms with Crippen LogP contribution in [-0.4, -0.2) is 33.3 Å². The Hall–Kier alpha value is -4.64. The highest BCUT2D eigenvalue weighted by Crippen LogP contribution is 2.45. The molecule has 1 unspecified atom stereocenters. The Bertz CT molecular complexity index is 1610. The fraction of sp³-hybridized carbons (Fsp3) is 0.148. The molecule has 0 radical (unpaired) electrons. The molecule has 1 fully saturated rings. The number of non-ortho nitro benzene ring substituents is 1. The van der Waals surface area contributed by atoms with Crippen LogP contribution in [0, 0.1) is 15.9 Å². The standard InChI is InChI=1S/C27H20FN3O6S/c1-2-12-37-19-9-6-15(7-10-19)24(32)22-23(16-4-3-5-18(13-16)31(35)36)30(26(34)25(22)33)27-29-20-11-8-17(28)14-21(20)38-27/h3-11,13-14,23,32H,2,12H2,1H3. The number of carbonyl (C=O) groups is 2. The van der Waals surface area contributed by atoms with E-state index in [1.807, 2.05) is 6.92 Å². The molecule has 3 aromatic carbocycles. The van der Waals surface area contributed by atoms with Crippen LogP contribution in [0.3, 0.4) is 0 Å². The summed E-state index contributed by atoms with van der Waals surface area (Å²) in [5.41, 5.74) is 0.399. The summed E-state index contributed by atoms with van der Waals surface area (Å²) in [6.45, 7) is 2.48. The molecule has 11 heteroatoms. The number of amides is 1. The molecule has 1 saturated heterocycles. The van der Waals surface area contributed by atoms with E-state index in [4.69, 9.17) is 4.74 Å². The summed E-state index contributed by atoms with van der Waals surface area (Å²) < 4.78 is 19.8. The molecule has 192 valence electrons. The summed E-state index contributed by atoms with van der Waals surface area (Å²) in [4.78, 5) is 43.1. The Morgan fingerprint density at radius 2 is 1.92 bits per heavy atom. The van der Waals surface area contributed by atoms with Gasteiger partial charge in [0.15, 0.2) is 5.13 Å². The highest BCUT2D eigenvalue weighted by Gasteiger charge is 2.48. The first-order valence-electron chi connectivity index (χ1n) is 11.6. The van der Waals surface area contributed by atoms with E-state index in [-0.39, 0.29) is 27.5 Å². The zero-order chi connectivity index (χ0) is 27.0. The van der Waals surface area contributed by atoms with Crippen LogP contribution in [0.15, 0.2) is 72.3 Å². The van der Waals surface area contributed by atoms with Gasteiger partial charge in [-0.2, -0.15) is 0 Å². The predicted molar refractivity (Wildman–Crippen MR) is 140 cm³/mol. The number of thiazole rings is 1. The van der Waals surface area contributed by atoms with Gasteiger partial charge in [0.25, 0.3) is 11.5 Å². The molecule has 4 aromatic rings. The predicted octanol–water partition coefficient (Wildman–Crippen LogP) is 5.76. The quantitative estimate of drug-likeness (QED) is 0.105. The molecule has 1 atom stereocenters. The molecule has 1 N–H and O–H groups in total. The molecule has 5 rings (SSSR count). The minimum atomic E-state index is -1.21. The highest BCUT2D eigenvalue weighted by atomic mass is 32.1. The molecule has 1 amide bonds. The van der Waals surface area contributed by atoms with E-state index >= 15 is 0 Å². The number of aliphatic hydroxyl groups is 1. The number of ether oxygens (including phenoxy) is 1. The van der Waals surface area contributed by atoms with Gasteiger partial charge in [0.1, 0.15) is 17.3 Å². The molecule has 1 aliphatic heterocycles. The summed E-state index contributed by atoms with van der Waals surface area (Å²) in [5.74, 6) is -2.31. The number of aromatic nitrogens is 1. The van der Waals surface area contributed by atoms with Crippen molar-refractivity contribution < 1.29 is 28.7 Å². The number of anilines is 1. The Morgan fingerprint density at radius 3 is 2.63 bits per heavy atom. The van der Waals surface area contributed by atoms with Crippen LogP contribution in [0.2, 0.25) is 0 Å². The molecule has 1 aliphatic rings. The van der Waals surface area contributed by atoms with Crippen LogP contribution >= 0.6 is 11.3 Å². The van der Waals surface area contributed by atoms with Crippen LogP contribution in [0.1, 0.15) is 30.5 Å². The second-order valence-electron chi connectivity index (χ2n) is 8.50. The number of fused-ring (bicyclic) bond motifs is 1. The minimum Gasteiger partial charge on any atom is -0.507 e. The lowest BCUT2D eigenvalue weighted by Crippen LogP contribution is -2.29. The van der Waals surface area contributed by atoms with Crippen LogP contribution in [-0.2, 0) is 9.59 Å². The van der Waals surface area contributed by atoms with E-state index in [9.17, 15) is 29.2 Å². The van der Waals surface area contributed by atoms with Crippen molar-refractivity contribution in [3.8, 4) is 5.75 Å². The maximum Gasteiger partial charge on any atom is 0.301 e. The number of Topliss-reactive ketones (excluding diaryl/α,β-unsaturated/α-hetero) is 1. The first-order valence-corrected chi connectivity index (χ1v) is 12.4. The molecule has 2 heterocycles. The van der Waals surface area contributed by atoms with Crippen molar-refractivity contribution in [1.29, 1.82) is 0 Å². The Kier molecular flexibility index (Phi) is 6.60. The van der Waals surface area contributed by atoms with Gasteiger partial charge in [0.05, 0.1) is 33.4 Å². The summed E-state index contributed by atoms with van der Waals surface area (Å²) in [6, 6.07) is 14.6. The average Bonchev–Trinajstić information content (AvgIpc) is 3.45. The van der Waals surface area contributed by atoms with Crippen molar-refractivity contribution in [2.24, 2.45) is 0 Å². The van der Waals surface area contributed by atoms with Gasteiger partial charge < -0.3 is 9.84 Å². The van der Waals surface area contributed by atoms with Crippen LogP contribution in [0.5, 0.6) is 5.75 Å². The monoisotopic (exact) mass is 533 g/mol. The van der Waals surface area contributed by atoms with Crippen molar-refractivity contribution in [1.82, 2.24) is 4.98 Å². The van der Waals surface area contributed by atoms with E-state index < -0.39 is 34.2 Å². The Balaban J connectivity index is 1.68. The molecule has 0 spiro atoms. The second kappa shape index (κ2) is 10.0. The van der Waals surface area contributed by atoms with Gasteiger partial charge in [-0.05, 0) is 54.4 Å². The largest absolute Gasteiger partial charge is 0.507 e. The molecule has 0 saturated carbocycles. The number of nitro benzene ring substituents is 1. The topological polar surface area (TPSA) is 123 Å². The Labute approximate surface area is 219 Å². The molecular formula is C27H20FN3O6S. The molecule has 0 aliphatic carbocycles. The molecule has 0 bridgehead atoms. The summed E-state index contributed by atoms with van der Waals surface area (Å²) in [6.07, 6.45) is 0.812. The lowest BCUT2D eigenvalue weighted by atomic mass is 9.95. The highest BCUT2D eigenvalue weighted by molar-refractivity contribution is 7.22. The van der Waals surface area contributed by atoms with Crippen molar-refractivity contribution >= 4 is 49.8 Å². The average molecular weight is 534 g/mol.